The Morgan fingerprint density at radius 1 is 0.800 bits per heavy atom. The maximum atomic E-state index is 2.45. The summed E-state index contributed by atoms with van der Waals surface area (Å²) in [5, 5.41) is 0. The third-order valence-corrected chi connectivity index (χ3v) is 3.68. The molecule has 0 spiro atoms. The molecule has 0 aromatic heterocycles. The Balaban J connectivity index is 2.63. The van der Waals surface area contributed by atoms with Gasteiger partial charge in [0.05, 0.1) is 0 Å². The minimum atomic E-state index is 0.427. The van der Waals surface area contributed by atoms with Crippen LogP contribution in [0.2, 0.25) is 0 Å². The zero-order valence-corrected chi connectivity index (χ0v) is 13.5. The van der Waals surface area contributed by atoms with Crippen molar-refractivity contribution in [3.8, 4) is 0 Å². The highest BCUT2D eigenvalue weighted by molar-refractivity contribution is 5.71. The lowest BCUT2D eigenvalue weighted by molar-refractivity contribution is 0.783. The lowest BCUT2D eigenvalue weighted by Crippen LogP contribution is -2.27. The summed E-state index contributed by atoms with van der Waals surface area (Å²) in [5.74, 6) is 0. The highest BCUT2D eigenvalue weighted by Crippen LogP contribution is 2.34. The molecule has 0 radical (unpaired) electrons. The van der Waals surface area contributed by atoms with Crippen LogP contribution in [0.3, 0.4) is 0 Å². The number of benzene rings is 2. The Morgan fingerprint density at radius 2 is 1.30 bits per heavy atom. The van der Waals surface area contributed by atoms with Gasteiger partial charge in [-0.15, -0.1) is 0 Å². The van der Waals surface area contributed by atoms with E-state index in [1.54, 1.807) is 0 Å². The lowest BCUT2D eigenvalue weighted by atomic mass is 10.0. The summed E-state index contributed by atoms with van der Waals surface area (Å²) in [6.07, 6.45) is 0. The molecular weight excluding hydrogens is 242 g/mol. The topological polar surface area (TPSA) is 3.24 Å². The van der Waals surface area contributed by atoms with Crippen LogP contribution >= 0.6 is 0 Å². The molecule has 20 heavy (non-hydrogen) atoms. The normalized spacial score (nSPS) is 10.9. The molecule has 106 valence electrons. The van der Waals surface area contributed by atoms with E-state index in [0.29, 0.717) is 6.04 Å². The van der Waals surface area contributed by atoms with Gasteiger partial charge < -0.3 is 4.90 Å². The minimum absolute atomic E-state index is 0.427. The number of anilines is 2. The van der Waals surface area contributed by atoms with Gasteiger partial charge in [0.15, 0.2) is 0 Å². The molecule has 0 atom stereocenters. The molecule has 0 aliphatic heterocycles. The molecular formula is C19H25N. The van der Waals surface area contributed by atoms with Crippen LogP contribution in [-0.4, -0.2) is 6.04 Å². The molecule has 0 aliphatic rings. The maximum absolute atomic E-state index is 2.45. The first-order valence-electron chi connectivity index (χ1n) is 7.34. The molecule has 1 nitrogen and oxygen atoms in total. The predicted octanol–water partition coefficient (Wildman–Crippen LogP) is 5.47. The van der Waals surface area contributed by atoms with Gasteiger partial charge in [0.2, 0.25) is 0 Å². The fourth-order valence-corrected chi connectivity index (χ4v) is 2.96. The fourth-order valence-electron chi connectivity index (χ4n) is 2.96. The van der Waals surface area contributed by atoms with Gasteiger partial charge >= 0.3 is 0 Å². The van der Waals surface area contributed by atoms with Crippen LogP contribution in [0.4, 0.5) is 11.4 Å². The molecule has 2 rings (SSSR count). The number of rotatable bonds is 3. The van der Waals surface area contributed by atoms with Crippen molar-refractivity contribution in [2.75, 3.05) is 4.90 Å². The van der Waals surface area contributed by atoms with Crippen molar-refractivity contribution >= 4 is 11.4 Å². The van der Waals surface area contributed by atoms with Gasteiger partial charge in [-0.3, -0.25) is 0 Å². The van der Waals surface area contributed by atoms with E-state index in [1.165, 1.54) is 33.6 Å². The van der Waals surface area contributed by atoms with Crippen molar-refractivity contribution in [3.63, 3.8) is 0 Å². The summed E-state index contributed by atoms with van der Waals surface area (Å²) >= 11 is 0. The van der Waals surface area contributed by atoms with Crippen LogP contribution in [0.25, 0.3) is 0 Å². The summed E-state index contributed by atoms with van der Waals surface area (Å²) in [6.45, 7) is 13.2. The quantitative estimate of drug-likeness (QED) is 0.713. The van der Waals surface area contributed by atoms with Crippen molar-refractivity contribution in [2.45, 2.75) is 47.6 Å². The van der Waals surface area contributed by atoms with E-state index in [0.717, 1.165) is 0 Å². The average Bonchev–Trinajstić information content (AvgIpc) is 2.32. The van der Waals surface area contributed by atoms with E-state index in [-0.39, 0.29) is 0 Å². The second-order valence-electron chi connectivity index (χ2n) is 6.05. The first-order valence-corrected chi connectivity index (χ1v) is 7.34. The molecule has 0 amide bonds. The summed E-state index contributed by atoms with van der Waals surface area (Å²) in [7, 11) is 0. The Hall–Kier alpha value is -1.76. The Labute approximate surface area is 123 Å². The lowest BCUT2D eigenvalue weighted by Gasteiger charge is -2.32. The van der Waals surface area contributed by atoms with Gasteiger partial charge in [0, 0.05) is 17.4 Å². The Kier molecular flexibility index (Phi) is 4.17. The second-order valence-corrected chi connectivity index (χ2v) is 6.05. The summed E-state index contributed by atoms with van der Waals surface area (Å²) < 4.78 is 0. The van der Waals surface area contributed by atoms with E-state index in [9.17, 15) is 0 Å². The van der Waals surface area contributed by atoms with Crippen LogP contribution in [0.5, 0.6) is 0 Å². The molecule has 0 saturated carbocycles. The molecule has 0 N–H and O–H groups in total. The van der Waals surface area contributed by atoms with Gasteiger partial charge in [0.1, 0.15) is 0 Å². The third-order valence-electron chi connectivity index (χ3n) is 3.68. The fraction of sp³-hybridized carbons (Fsp3) is 0.368. The van der Waals surface area contributed by atoms with Crippen LogP contribution in [0.15, 0.2) is 36.4 Å². The predicted molar refractivity (Wildman–Crippen MR) is 89.1 cm³/mol. The average molecular weight is 267 g/mol. The number of aryl methyl sites for hydroxylation is 4. The molecule has 0 fully saturated rings. The summed E-state index contributed by atoms with van der Waals surface area (Å²) in [6, 6.07) is 13.7. The van der Waals surface area contributed by atoms with Gasteiger partial charge in [-0.1, -0.05) is 24.3 Å². The number of nitrogens with zero attached hydrogens (tertiary/aromatic N) is 1. The van der Waals surface area contributed by atoms with Crippen molar-refractivity contribution in [1.29, 1.82) is 0 Å². The van der Waals surface area contributed by atoms with E-state index >= 15 is 0 Å². The summed E-state index contributed by atoms with van der Waals surface area (Å²) in [5.41, 5.74) is 7.92. The minimum Gasteiger partial charge on any atom is -0.338 e. The van der Waals surface area contributed by atoms with E-state index in [2.05, 4.69) is 82.8 Å². The van der Waals surface area contributed by atoms with Crippen molar-refractivity contribution in [1.82, 2.24) is 0 Å². The van der Waals surface area contributed by atoms with Crippen LogP contribution in [-0.2, 0) is 0 Å². The smallest absolute Gasteiger partial charge is 0.0472 e. The zero-order chi connectivity index (χ0) is 14.9. The largest absolute Gasteiger partial charge is 0.338 e. The molecule has 0 unspecified atom stereocenters. The van der Waals surface area contributed by atoms with Crippen LogP contribution in [0, 0.1) is 27.7 Å². The van der Waals surface area contributed by atoms with Crippen LogP contribution in [0.1, 0.15) is 36.1 Å². The molecule has 0 heterocycles. The van der Waals surface area contributed by atoms with Gasteiger partial charge in [-0.05, 0) is 75.9 Å². The molecule has 0 saturated heterocycles. The van der Waals surface area contributed by atoms with Gasteiger partial charge in [-0.25, -0.2) is 0 Å². The third kappa shape index (κ3) is 2.87. The standard InChI is InChI=1S/C19H25N/c1-13(2)20(18-11-14(3)10-15(4)12-18)19-16(5)8-7-9-17(19)6/h7-13H,1-6H3. The zero-order valence-electron chi connectivity index (χ0n) is 13.5. The Morgan fingerprint density at radius 3 is 1.75 bits per heavy atom. The number of hydrogen-bond donors (Lipinski definition) is 0. The SMILES string of the molecule is Cc1cc(C)cc(N(c2c(C)cccc2C)C(C)C)c1. The second kappa shape index (κ2) is 5.70. The van der Waals surface area contributed by atoms with E-state index in [1.807, 2.05) is 0 Å². The first-order chi connectivity index (χ1) is 9.40. The molecule has 0 bridgehead atoms. The van der Waals surface area contributed by atoms with Crippen molar-refractivity contribution in [3.05, 3.63) is 58.7 Å². The molecule has 0 aliphatic carbocycles. The number of para-hydroxylation sites is 1. The monoisotopic (exact) mass is 267 g/mol. The Bertz CT molecular complexity index is 571. The molecule has 1 heteroatoms. The van der Waals surface area contributed by atoms with Gasteiger partial charge in [0.25, 0.3) is 0 Å². The van der Waals surface area contributed by atoms with Gasteiger partial charge in [-0.2, -0.15) is 0 Å². The molecule has 2 aromatic carbocycles. The van der Waals surface area contributed by atoms with Crippen molar-refractivity contribution < 1.29 is 0 Å². The van der Waals surface area contributed by atoms with Crippen LogP contribution < -0.4 is 4.90 Å². The highest BCUT2D eigenvalue weighted by atomic mass is 15.2. The number of hydrogen-bond acceptors (Lipinski definition) is 1. The van der Waals surface area contributed by atoms with E-state index in [4.69, 9.17) is 0 Å². The maximum Gasteiger partial charge on any atom is 0.0472 e. The van der Waals surface area contributed by atoms with Crippen molar-refractivity contribution in [2.24, 2.45) is 0 Å². The van der Waals surface area contributed by atoms with E-state index < -0.39 is 0 Å². The highest BCUT2D eigenvalue weighted by Gasteiger charge is 2.17. The molecule has 2 aromatic rings. The summed E-state index contributed by atoms with van der Waals surface area (Å²) in [4.78, 5) is 2.45. The first kappa shape index (κ1) is 14.6.